The molecule has 3 rings (SSSR count). The summed E-state index contributed by atoms with van der Waals surface area (Å²) >= 11 is 0. The van der Waals surface area contributed by atoms with Gasteiger partial charge in [0.2, 0.25) is 0 Å². The van der Waals surface area contributed by atoms with E-state index in [2.05, 4.69) is 26.1 Å². The minimum atomic E-state index is -0.178. The van der Waals surface area contributed by atoms with Crippen LogP contribution in [0.2, 0.25) is 0 Å². The Hall–Kier alpha value is -2.82. The Bertz CT molecular complexity index is 889. The SMILES string of the molecule is CN(C)c1ccc(NC(=O)c2ccc(C(C)(C)C)cc2)cc1C(=O)N1CCCC1. The lowest BCUT2D eigenvalue weighted by atomic mass is 9.87. The number of likely N-dealkylation sites (tertiary alicyclic amines) is 1. The first-order valence-electron chi connectivity index (χ1n) is 10.2. The van der Waals surface area contributed by atoms with Gasteiger partial charge >= 0.3 is 0 Å². The molecule has 0 aromatic heterocycles. The van der Waals surface area contributed by atoms with Crippen LogP contribution in [0, 0.1) is 0 Å². The fourth-order valence-corrected chi connectivity index (χ4v) is 3.59. The first-order chi connectivity index (χ1) is 13.7. The Morgan fingerprint density at radius 1 is 0.966 bits per heavy atom. The largest absolute Gasteiger partial charge is 0.377 e. The van der Waals surface area contributed by atoms with Crippen LogP contribution in [0.25, 0.3) is 0 Å². The summed E-state index contributed by atoms with van der Waals surface area (Å²) in [6.45, 7) is 8.03. The number of nitrogens with zero attached hydrogens (tertiary/aromatic N) is 2. The van der Waals surface area contributed by atoms with Gasteiger partial charge in [-0.2, -0.15) is 0 Å². The molecule has 0 unspecified atom stereocenters. The van der Waals surface area contributed by atoms with E-state index in [4.69, 9.17) is 0 Å². The van der Waals surface area contributed by atoms with Crippen molar-refractivity contribution in [3.63, 3.8) is 0 Å². The molecule has 0 aliphatic carbocycles. The average Bonchev–Trinajstić information content (AvgIpc) is 3.21. The summed E-state index contributed by atoms with van der Waals surface area (Å²) in [5.74, 6) is -0.153. The summed E-state index contributed by atoms with van der Waals surface area (Å²) in [5.41, 5.74) is 3.93. The van der Waals surface area contributed by atoms with Crippen molar-refractivity contribution in [2.75, 3.05) is 37.4 Å². The number of anilines is 2. The number of benzene rings is 2. The van der Waals surface area contributed by atoms with Crippen molar-refractivity contribution in [2.45, 2.75) is 39.0 Å². The van der Waals surface area contributed by atoms with Crippen LogP contribution in [0.5, 0.6) is 0 Å². The molecule has 1 heterocycles. The third kappa shape index (κ3) is 4.78. The smallest absolute Gasteiger partial charge is 0.256 e. The lowest BCUT2D eigenvalue weighted by molar-refractivity contribution is 0.0793. The quantitative estimate of drug-likeness (QED) is 0.830. The Morgan fingerprint density at radius 2 is 1.59 bits per heavy atom. The van der Waals surface area contributed by atoms with E-state index in [9.17, 15) is 9.59 Å². The average molecular weight is 394 g/mol. The van der Waals surface area contributed by atoms with E-state index in [0.29, 0.717) is 16.8 Å². The molecule has 0 atom stereocenters. The zero-order valence-electron chi connectivity index (χ0n) is 18.1. The normalized spacial score (nSPS) is 14.0. The van der Waals surface area contributed by atoms with Gasteiger partial charge in [0.25, 0.3) is 11.8 Å². The van der Waals surface area contributed by atoms with Crippen LogP contribution < -0.4 is 10.2 Å². The van der Waals surface area contributed by atoms with Crippen LogP contribution in [-0.2, 0) is 5.41 Å². The predicted molar refractivity (Wildman–Crippen MR) is 119 cm³/mol. The summed E-state index contributed by atoms with van der Waals surface area (Å²) in [5, 5.41) is 2.94. The topological polar surface area (TPSA) is 52.7 Å². The van der Waals surface area contributed by atoms with Gasteiger partial charge in [0, 0.05) is 44.1 Å². The molecule has 1 aliphatic heterocycles. The van der Waals surface area contributed by atoms with Crippen molar-refractivity contribution in [3.05, 3.63) is 59.2 Å². The van der Waals surface area contributed by atoms with Gasteiger partial charge in [-0.3, -0.25) is 9.59 Å². The maximum atomic E-state index is 13.0. The third-order valence-corrected chi connectivity index (χ3v) is 5.37. The first kappa shape index (κ1) is 20.9. The van der Waals surface area contributed by atoms with E-state index in [-0.39, 0.29) is 17.2 Å². The number of carbonyl (C=O) groups is 2. The Kier molecular flexibility index (Phi) is 5.96. The summed E-state index contributed by atoms with van der Waals surface area (Å²) in [7, 11) is 3.84. The summed E-state index contributed by atoms with van der Waals surface area (Å²) in [4.78, 5) is 29.5. The van der Waals surface area contributed by atoms with Crippen LogP contribution in [-0.4, -0.2) is 43.9 Å². The fraction of sp³-hybridized carbons (Fsp3) is 0.417. The Morgan fingerprint density at radius 3 is 2.14 bits per heavy atom. The highest BCUT2D eigenvalue weighted by Crippen LogP contribution is 2.27. The lowest BCUT2D eigenvalue weighted by Gasteiger charge is -2.22. The molecule has 5 nitrogen and oxygen atoms in total. The van der Waals surface area contributed by atoms with Crippen molar-refractivity contribution < 1.29 is 9.59 Å². The van der Waals surface area contributed by atoms with E-state index >= 15 is 0 Å². The van der Waals surface area contributed by atoms with Crippen molar-refractivity contribution in [2.24, 2.45) is 0 Å². The number of rotatable bonds is 4. The minimum Gasteiger partial charge on any atom is -0.377 e. The summed E-state index contributed by atoms with van der Waals surface area (Å²) in [6, 6.07) is 13.2. The molecule has 1 fully saturated rings. The highest BCUT2D eigenvalue weighted by molar-refractivity contribution is 6.06. The van der Waals surface area contributed by atoms with Gasteiger partial charge in [0.1, 0.15) is 0 Å². The minimum absolute atomic E-state index is 0.0248. The molecule has 1 aliphatic rings. The second kappa shape index (κ2) is 8.27. The van der Waals surface area contributed by atoms with E-state index in [1.807, 2.05) is 60.3 Å². The maximum Gasteiger partial charge on any atom is 0.256 e. The molecular formula is C24H31N3O2. The fourth-order valence-electron chi connectivity index (χ4n) is 3.59. The number of nitrogens with one attached hydrogen (secondary N) is 1. The number of carbonyl (C=O) groups excluding carboxylic acids is 2. The molecule has 0 spiro atoms. The third-order valence-electron chi connectivity index (χ3n) is 5.37. The molecule has 29 heavy (non-hydrogen) atoms. The molecule has 0 bridgehead atoms. The lowest BCUT2D eigenvalue weighted by Crippen LogP contribution is -2.29. The monoisotopic (exact) mass is 393 g/mol. The van der Waals surface area contributed by atoms with Gasteiger partial charge in [0.15, 0.2) is 0 Å². The van der Waals surface area contributed by atoms with Crippen molar-refractivity contribution >= 4 is 23.2 Å². The molecule has 2 aromatic rings. The highest BCUT2D eigenvalue weighted by Gasteiger charge is 2.23. The second-order valence-corrected chi connectivity index (χ2v) is 8.91. The van der Waals surface area contributed by atoms with Crippen molar-refractivity contribution in [1.29, 1.82) is 0 Å². The van der Waals surface area contributed by atoms with E-state index in [1.165, 1.54) is 5.56 Å². The van der Waals surface area contributed by atoms with Gasteiger partial charge in [-0.1, -0.05) is 32.9 Å². The number of hydrogen-bond donors (Lipinski definition) is 1. The van der Waals surface area contributed by atoms with Crippen LogP contribution in [0.3, 0.4) is 0 Å². The van der Waals surface area contributed by atoms with E-state index in [0.717, 1.165) is 31.6 Å². The molecule has 1 saturated heterocycles. The van der Waals surface area contributed by atoms with Gasteiger partial charge in [0.05, 0.1) is 5.56 Å². The molecule has 154 valence electrons. The van der Waals surface area contributed by atoms with E-state index < -0.39 is 0 Å². The van der Waals surface area contributed by atoms with Gasteiger partial charge in [-0.05, 0) is 54.2 Å². The zero-order valence-corrected chi connectivity index (χ0v) is 18.1. The van der Waals surface area contributed by atoms with Crippen molar-refractivity contribution in [3.8, 4) is 0 Å². The Balaban J connectivity index is 1.82. The maximum absolute atomic E-state index is 13.0. The van der Waals surface area contributed by atoms with Crippen LogP contribution in [0.1, 0.15) is 59.9 Å². The number of amides is 2. The molecular weight excluding hydrogens is 362 g/mol. The van der Waals surface area contributed by atoms with Gasteiger partial charge in [-0.15, -0.1) is 0 Å². The molecule has 5 heteroatoms. The van der Waals surface area contributed by atoms with E-state index in [1.54, 1.807) is 6.07 Å². The molecule has 0 radical (unpaired) electrons. The zero-order chi connectivity index (χ0) is 21.2. The van der Waals surface area contributed by atoms with Crippen LogP contribution >= 0.6 is 0 Å². The second-order valence-electron chi connectivity index (χ2n) is 8.91. The standard InChI is InChI=1S/C24H31N3O2/c1-24(2,3)18-10-8-17(9-11-18)22(28)25-19-12-13-21(26(4)5)20(16-19)23(29)27-14-6-7-15-27/h8-13,16H,6-7,14-15H2,1-5H3,(H,25,28). The Labute approximate surface area is 173 Å². The van der Waals surface area contributed by atoms with Gasteiger partial charge in [-0.25, -0.2) is 0 Å². The first-order valence-corrected chi connectivity index (χ1v) is 10.2. The van der Waals surface area contributed by atoms with Gasteiger partial charge < -0.3 is 15.1 Å². The molecule has 2 amide bonds. The van der Waals surface area contributed by atoms with Crippen LogP contribution in [0.15, 0.2) is 42.5 Å². The molecule has 1 N–H and O–H groups in total. The number of hydrogen-bond acceptors (Lipinski definition) is 3. The van der Waals surface area contributed by atoms with Crippen LogP contribution in [0.4, 0.5) is 11.4 Å². The predicted octanol–water partition coefficient (Wildman–Crippen LogP) is 4.54. The molecule has 0 saturated carbocycles. The van der Waals surface area contributed by atoms with Crippen molar-refractivity contribution in [1.82, 2.24) is 4.90 Å². The highest BCUT2D eigenvalue weighted by atomic mass is 16.2. The summed E-state index contributed by atoms with van der Waals surface area (Å²) in [6.07, 6.45) is 2.09. The molecule has 2 aromatic carbocycles. The summed E-state index contributed by atoms with van der Waals surface area (Å²) < 4.78 is 0.